The molecule has 1 aromatic rings. The second-order valence-corrected chi connectivity index (χ2v) is 3.70. The Morgan fingerprint density at radius 1 is 1.53 bits per heavy atom. The van der Waals surface area contributed by atoms with Crippen molar-refractivity contribution >= 4 is 11.8 Å². The molecule has 0 fully saturated rings. The van der Waals surface area contributed by atoms with Crippen LogP contribution in [0, 0.1) is 5.92 Å². The van der Waals surface area contributed by atoms with Gasteiger partial charge in [0.1, 0.15) is 5.69 Å². The van der Waals surface area contributed by atoms with Gasteiger partial charge in [-0.05, 0) is 12.5 Å². The molecule has 0 aliphatic carbocycles. The largest absolute Gasteiger partial charge is 0.477 e. The summed E-state index contributed by atoms with van der Waals surface area (Å²) in [5, 5.41) is 8.82. The number of aromatic carboxylic acids is 1. The van der Waals surface area contributed by atoms with Crippen LogP contribution in [-0.2, 0) is 7.05 Å². The molecule has 0 saturated carbocycles. The van der Waals surface area contributed by atoms with E-state index >= 15 is 0 Å². The number of hydrogen-bond acceptors (Lipinski definition) is 2. The first-order valence-electron chi connectivity index (χ1n) is 4.91. The van der Waals surface area contributed by atoms with E-state index < -0.39 is 5.97 Å². The van der Waals surface area contributed by atoms with Crippen LogP contribution in [0.1, 0.15) is 41.1 Å². The van der Waals surface area contributed by atoms with Gasteiger partial charge in [-0.25, -0.2) is 4.79 Å². The molecule has 0 aromatic carbocycles. The minimum absolute atomic E-state index is 0.000556. The standard InChI is InChI=1S/C11H15NO3/c1-4-7(2)10(13)8-5-9(11(14)15)12(3)6-8/h5-7H,4H2,1-3H3,(H,14,15). The van der Waals surface area contributed by atoms with Crippen LogP contribution < -0.4 is 0 Å². The third-order valence-electron chi connectivity index (χ3n) is 2.57. The maximum Gasteiger partial charge on any atom is 0.352 e. The monoisotopic (exact) mass is 209 g/mol. The number of carbonyl (C=O) groups is 2. The molecule has 0 radical (unpaired) electrons. The van der Waals surface area contributed by atoms with Crippen LogP contribution in [0.2, 0.25) is 0 Å². The molecule has 0 bridgehead atoms. The molecule has 0 aliphatic rings. The second kappa shape index (κ2) is 4.29. The molecule has 0 saturated heterocycles. The fourth-order valence-corrected chi connectivity index (χ4v) is 1.38. The van der Waals surface area contributed by atoms with Crippen LogP contribution in [0.15, 0.2) is 12.3 Å². The van der Waals surface area contributed by atoms with Gasteiger partial charge in [0.05, 0.1) is 0 Å². The average Bonchev–Trinajstić information content (AvgIpc) is 2.58. The van der Waals surface area contributed by atoms with E-state index in [4.69, 9.17) is 5.11 Å². The fourth-order valence-electron chi connectivity index (χ4n) is 1.38. The molecule has 1 N–H and O–H groups in total. The summed E-state index contributed by atoms with van der Waals surface area (Å²) in [6.07, 6.45) is 2.33. The second-order valence-electron chi connectivity index (χ2n) is 3.70. The summed E-state index contributed by atoms with van der Waals surface area (Å²) < 4.78 is 1.46. The van der Waals surface area contributed by atoms with Gasteiger partial charge in [0.25, 0.3) is 0 Å². The number of carboxylic acid groups (broad SMARTS) is 1. The maximum absolute atomic E-state index is 11.8. The normalized spacial score (nSPS) is 12.5. The molecule has 4 heteroatoms. The first kappa shape index (κ1) is 11.5. The van der Waals surface area contributed by atoms with E-state index in [-0.39, 0.29) is 17.4 Å². The molecule has 0 amide bonds. The number of aromatic nitrogens is 1. The number of carboxylic acids is 1. The Bertz CT molecular complexity index is 393. The van der Waals surface area contributed by atoms with Crippen molar-refractivity contribution in [2.75, 3.05) is 0 Å². The van der Waals surface area contributed by atoms with E-state index in [0.717, 1.165) is 6.42 Å². The molecule has 1 atom stereocenters. The predicted octanol–water partition coefficient (Wildman–Crippen LogP) is 1.95. The van der Waals surface area contributed by atoms with Gasteiger partial charge in [-0.3, -0.25) is 4.79 Å². The van der Waals surface area contributed by atoms with Crippen LogP contribution >= 0.6 is 0 Å². The summed E-state index contributed by atoms with van der Waals surface area (Å²) in [5.74, 6) is -1.07. The third kappa shape index (κ3) is 2.26. The molecule has 1 rings (SSSR count). The van der Waals surface area contributed by atoms with Gasteiger partial charge in [-0.2, -0.15) is 0 Å². The fraction of sp³-hybridized carbons (Fsp3) is 0.455. The maximum atomic E-state index is 11.8. The van der Waals surface area contributed by atoms with Crippen molar-refractivity contribution in [1.29, 1.82) is 0 Å². The molecule has 0 aliphatic heterocycles. The van der Waals surface area contributed by atoms with Gasteiger partial charge >= 0.3 is 5.97 Å². The van der Waals surface area contributed by atoms with E-state index in [1.54, 1.807) is 13.2 Å². The molecule has 15 heavy (non-hydrogen) atoms. The van der Waals surface area contributed by atoms with Crippen molar-refractivity contribution in [2.24, 2.45) is 13.0 Å². The van der Waals surface area contributed by atoms with Crippen LogP contribution in [0.4, 0.5) is 0 Å². The molecule has 0 spiro atoms. The summed E-state index contributed by atoms with van der Waals surface area (Å²) in [7, 11) is 1.62. The van der Waals surface area contributed by atoms with Crippen molar-refractivity contribution in [1.82, 2.24) is 4.57 Å². The van der Waals surface area contributed by atoms with E-state index in [1.165, 1.54) is 10.6 Å². The van der Waals surface area contributed by atoms with Gasteiger partial charge in [0.15, 0.2) is 5.78 Å². The Morgan fingerprint density at radius 2 is 2.13 bits per heavy atom. The number of aryl methyl sites for hydroxylation is 1. The molecule has 1 unspecified atom stereocenters. The number of Topliss-reactive ketones (excluding diaryl/α,β-unsaturated/α-hetero) is 1. The zero-order chi connectivity index (χ0) is 11.6. The first-order valence-corrected chi connectivity index (χ1v) is 4.91. The van der Waals surface area contributed by atoms with Gasteiger partial charge < -0.3 is 9.67 Å². The minimum Gasteiger partial charge on any atom is -0.477 e. The first-order chi connectivity index (χ1) is 6.97. The van der Waals surface area contributed by atoms with Crippen molar-refractivity contribution in [2.45, 2.75) is 20.3 Å². The van der Waals surface area contributed by atoms with Crippen LogP contribution in [0.3, 0.4) is 0 Å². The highest BCUT2D eigenvalue weighted by atomic mass is 16.4. The predicted molar refractivity (Wildman–Crippen MR) is 56.2 cm³/mol. The molecule has 1 heterocycles. The van der Waals surface area contributed by atoms with Gasteiger partial charge in [0.2, 0.25) is 0 Å². The van der Waals surface area contributed by atoms with Gasteiger partial charge in [-0.15, -0.1) is 0 Å². The van der Waals surface area contributed by atoms with E-state index in [1.807, 2.05) is 13.8 Å². The zero-order valence-corrected chi connectivity index (χ0v) is 9.15. The Balaban J connectivity index is 3.02. The molecule has 82 valence electrons. The smallest absolute Gasteiger partial charge is 0.352 e. The van der Waals surface area contributed by atoms with Crippen molar-refractivity contribution < 1.29 is 14.7 Å². The topological polar surface area (TPSA) is 59.3 Å². The quantitative estimate of drug-likeness (QED) is 0.771. The average molecular weight is 209 g/mol. The van der Waals surface area contributed by atoms with Crippen molar-refractivity contribution in [3.8, 4) is 0 Å². The number of hydrogen-bond donors (Lipinski definition) is 1. The number of nitrogens with zero attached hydrogens (tertiary/aromatic N) is 1. The van der Waals surface area contributed by atoms with Crippen LogP contribution in [0.5, 0.6) is 0 Å². The van der Waals surface area contributed by atoms with Gasteiger partial charge in [0, 0.05) is 24.7 Å². The van der Waals surface area contributed by atoms with Crippen molar-refractivity contribution in [3.63, 3.8) is 0 Å². The number of carbonyl (C=O) groups excluding carboxylic acids is 1. The molecule has 1 aromatic heterocycles. The molecular weight excluding hydrogens is 194 g/mol. The lowest BCUT2D eigenvalue weighted by molar-refractivity contribution is 0.0686. The lowest BCUT2D eigenvalue weighted by atomic mass is 9.99. The highest BCUT2D eigenvalue weighted by Crippen LogP contribution is 2.14. The highest BCUT2D eigenvalue weighted by molar-refractivity contribution is 5.99. The summed E-state index contributed by atoms with van der Waals surface area (Å²) in [6, 6.07) is 1.43. The Kier molecular flexibility index (Phi) is 3.29. The van der Waals surface area contributed by atoms with E-state index in [9.17, 15) is 9.59 Å². The number of rotatable bonds is 4. The minimum atomic E-state index is -1.01. The van der Waals surface area contributed by atoms with E-state index in [0.29, 0.717) is 5.56 Å². The van der Waals surface area contributed by atoms with E-state index in [2.05, 4.69) is 0 Å². The van der Waals surface area contributed by atoms with Crippen LogP contribution in [-0.4, -0.2) is 21.4 Å². The number of ketones is 1. The lowest BCUT2D eigenvalue weighted by Crippen LogP contribution is -2.09. The van der Waals surface area contributed by atoms with Crippen molar-refractivity contribution in [3.05, 3.63) is 23.5 Å². The summed E-state index contributed by atoms with van der Waals surface area (Å²) >= 11 is 0. The lowest BCUT2D eigenvalue weighted by Gasteiger charge is -2.03. The van der Waals surface area contributed by atoms with Crippen LogP contribution in [0.25, 0.3) is 0 Å². The SMILES string of the molecule is CCC(C)C(=O)c1cc(C(=O)O)n(C)c1. The Hall–Kier alpha value is -1.58. The Labute approximate surface area is 88.5 Å². The third-order valence-corrected chi connectivity index (χ3v) is 2.57. The summed E-state index contributed by atoms with van der Waals surface area (Å²) in [5.41, 5.74) is 0.617. The van der Waals surface area contributed by atoms with Gasteiger partial charge in [-0.1, -0.05) is 13.8 Å². The zero-order valence-electron chi connectivity index (χ0n) is 9.15. The molecular formula is C11H15NO3. The summed E-state index contributed by atoms with van der Waals surface area (Å²) in [6.45, 7) is 3.78. The molecule has 4 nitrogen and oxygen atoms in total. The highest BCUT2D eigenvalue weighted by Gasteiger charge is 2.18. The Morgan fingerprint density at radius 3 is 2.53 bits per heavy atom. The summed E-state index contributed by atoms with van der Waals surface area (Å²) in [4.78, 5) is 22.5.